The molecular formula is C25H42O2. The Bertz CT molecular complexity index is 575. The summed E-state index contributed by atoms with van der Waals surface area (Å²) in [6.45, 7) is 13.6. The van der Waals surface area contributed by atoms with Gasteiger partial charge >= 0.3 is 5.97 Å². The van der Waals surface area contributed by atoms with E-state index in [1.54, 1.807) is 0 Å². The number of carbonyl (C=O) groups excluding carboxylic acids is 1. The van der Waals surface area contributed by atoms with Crippen LogP contribution in [0.3, 0.4) is 0 Å². The highest BCUT2D eigenvalue weighted by molar-refractivity contribution is 5.67. The summed E-state index contributed by atoms with van der Waals surface area (Å²) in [6, 6.07) is 0. The fourth-order valence-corrected chi connectivity index (χ4v) is 7.26. The van der Waals surface area contributed by atoms with Crippen LogP contribution in [0.2, 0.25) is 0 Å². The van der Waals surface area contributed by atoms with Gasteiger partial charge in [0.25, 0.3) is 0 Å². The van der Waals surface area contributed by atoms with Crippen LogP contribution in [0.1, 0.15) is 99.3 Å². The van der Waals surface area contributed by atoms with E-state index in [4.69, 9.17) is 4.74 Å². The molecule has 3 aliphatic rings. The molecule has 0 saturated heterocycles. The van der Waals surface area contributed by atoms with Gasteiger partial charge in [-0.2, -0.15) is 0 Å². The van der Waals surface area contributed by atoms with Gasteiger partial charge in [-0.05, 0) is 85.5 Å². The van der Waals surface area contributed by atoms with Gasteiger partial charge < -0.3 is 4.74 Å². The van der Waals surface area contributed by atoms with Crippen molar-refractivity contribution in [2.45, 2.75) is 99.3 Å². The molecule has 0 N–H and O–H groups in total. The second-order valence-electron chi connectivity index (χ2n) is 10.6. The molecule has 3 rings (SSSR count). The molecule has 0 heterocycles. The minimum Gasteiger partial charge on any atom is -0.431 e. The number of hydrogen-bond acceptors (Lipinski definition) is 2. The van der Waals surface area contributed by atoms with Crippen LogP contribution in [0.25, 0.3) is 0 Å². The molecule has 0 aromatic carbocycles. The van der Waals surface area contributed by atoms with E-state index in [0.717, 1.165) is 41.8 Å². The molecule has 3 aliphatic carbocycles. The Balaban J connectivity index is 1.69. The van der Waals surface area contributed by atoms with E-state index in [0.29, 0.717) is 11.3 Å². The Labute approximate surface area is 167 Å². The minimum atomic E-state index is -0.153. The second-order valence-corrected chi connectivity index (χ2v) is 10.6. The zero-order valence-corrected chi connectivity index (χ0v) is 18.6. The normalized spacial score (nSPS) is 37.1. The minimum absolute atomic E-state index is 0.153. The van der Waals surface area contributed by atoms with Crippen LogP contribution in [-0.2, 0) is 9.53 Å². The zero-order chi connectivity index (χ0) is 19.8. The second kappa shape index (κ2) is 8.29. The number of allylic oxidation sites excluding steroid dienone is 2. The summed E-state index contributed by atoms with van der Waals surface area (Å²) in [5.74, 6) is 5.80. The number of hydrogen-bond donors (Lipinski definition) is 0. The maximum Gasteiger partial charge on any atom is 0.307 e. The van der Waals surface area contributed by atoms with E-state index in [1.807, 2.05) is 0 Å². The smallest absolute Gasteiger partial charge is 0.307 e. The van der Waals surface area contributed by atoms with Crippen molar-refractivity contribution in [2.24, 2.45) is 40.9 Å². The van der Waals surface area contributed by atoms with Crippen molar-refractivity contribution in [1.82, 2.24) is 0 Å². The largest absolute Gasteiger partial charge is 0.431 e. The molecule has 0 aromatic heterocycles. The van der Waals surface area contributed by atoms with E-state index in [2.05, 4.69) is 34.6 Å². The molecule has 0 aliphatic heterocycles. The van der Waals surface area contributed by atoms with Crippen LogP contribution < -0.4 is 0 Å². The summed E-state index contributed by atoms with van der Waals surface area (Å²) in [6.07, 6.45) is 11.9. The van der Waals surface area contributed by atoms with Gasteiger partial charge in [0.1, 0.15) is 5.76 Å². The first-order valence-corrected chi connectivity index (χ1v) is 11.6. The monoisotopic (exact) mass is 374 g/mol. The third-order valence-electron chi connectivity index (χ3n) is 8.61. The predicted molar refractivity (Wildman–Crippen MR) is 112 cm³/mol. The zero-order valence-electron chi connectivity index (χ0n) is 18.6. The lowest BCUT2D eigenvalue weighted by molar-refractivity contribution is -0.137. The molecule has 2 nitrogen and oxygen atoms in total. The topological polar surface area (TPSA) is 26.3 Å². The molecule has 0 bridgehead atoms. The average Bonchev–Trinajstić information content (AvgIpc) is 2.94. The van der Waals surface area contributed by atoms with Crippen LogP contribution in [0.4, 0.5) is 0 Å². The highest BCUT2D eigenvalue weighted by Crippen LogP contribution is 2.63. The fourth-order valence-electron chi connectivity index (χ4n) is 7.26. The molecule has 2 fully saturated rings. The Morgan fingerprint density at radius 2 is 1.89 bits per heavy atom. The lowest BCUT2D eigenvalue weighted by Crippen LogP contribution is -2.44. The van der Waals surface area contributed by atoms with E-state index in [-0.39, 0.29) is 5.97 Å². The first kappa shape index (κ1) is 20.9. The number of fused-ring (bicyclic) bond motifs is 3. The van der Waals surface area contributed by atoms with Gasteiger partial charge in [-0.15, -0.1) is 0 Å². The van der Waals surface area contributed by atoms with Gasteiger partial charge in [0.15, 0.2) is 0 Å². The lowest BCUT2D eigenvalue weighted by atomic mass is 9.53. The Kier molecular flexibility index (Phi) is 6.43. The molecule has 2 saturated carbocycles. The molecular weight excluding hydrogens is 332 g/mol. The van der Waals surface area contributed by atoms with Crippen molar-refractivity contribution < 1.29 is 9.53 Å². The van der Waals surface area contributed by atoms with Crippen molar-refractivity contribution in [1.29, 1.82) is 0 Å². The molecule has 6 atom stereocenters. The van der Waals surface area contributed by atoms with Gasteiger partial charge in [-0.3, -0.25) is 4.79 Å². The summed E-state index contributed by atoms with van der Waals surface area (Å²) < 4.78 is 5.55. The number of esters is 1. The van der Waals surface area contributed by atoms with Crippen molar-refractivity contribution in [3.05, 3.63) is 11.3 Å². The average molecular weight is 375 g/mol. The number of carbonyl (C=O) groups is 1. The molecule has 0 amide bonds. The van der Waals surface area contributed by atoms with E-state index < -0.39 is 0 Å². The molecule has 0 radical (unpaired) electrons. The van der Waals surface area contributed by atoms with Gasteiger partial charge in [-0.25, -0.2) is 0 Å². The standard InChI is InChI=1S/C25H42O2/c1-16(2)8-7-9-17(3)22-11-12-23-21-10-13-24(27-19(5)26)18(4)20(21)14-15-25(22,23)6/h16-17,20-23H,7-15H2,1-6H3/t17-,20+,21+,22+,23+,25-/m1/s1. The van der Waals surface area contributed by atoms with Crippen molar-refractivity contribution >= 4 is 5.97 Å². The first-order chi connectivity index (χ1) is 12.7. The quantitative estimate of drug-likeness (QED) is 0.462. The number of ether oxygens (including phenoxy) is 1. The number of rotatable bonds is 6. The van der Waals surface area contributed by atoms with Crippen molar-refractivity contribution in [2.75, 3.05) is 0 Å². The molecule has 2 heteroatoms. The summed E-state index contributed by atoms with van der Waals surface area (Å²) in [5, 5.41) is 0. The molecule has 0 unspecified atom stereocenters. The maximum absolute atomic E-state index is 11.4. The van der Waals surface area contributed by atoms with E-state index in [9.17, 15) is 4.79 Å². The van der Waals surface area contributed by atoms with Crippen LogP contribution in [0.5, 0.6) is 0 Å². The summed E-state index contributed by atoms with van der Waals surface area (Å²) >= 11 is 0. The van der Waals surface area contributed by atoms with Crippen LogP contribution in [0.15, 0.2) is 11.3 Å². The summed E-state index contributed by atoms with van der Waals surface area (Å²) in [4.78, 5) is 11.4. The molecule has 0 aromatic rings. The van der Waals surface area contributed by atoms with Crippen LogP contribution in [0, 0.1) is 40.9 Å². The van der Waals surface area contributed by atoms with E-state index in [1.165, 1.54) is 63.9 Å². The first-order valence-electron chi connectivity index (χ1n) is 11.6. The van der Waals surface area contributed by atoms with Crippen LogP contribution >= 0.6 is 0 Å². The van der Waals surface area contributed by atoms with Crippen LogP contribution in [-0.4, -0.2) is 5.97 Å². The lowest BCUT2D eigenvalue weighted by Gasteiger charge is -2.52. The van der Waals surface area contributed by atoms with Gasteiger partial charge in [0, 0.05) is 13.3 Å². The highest BCUT2D eigenvalue weighted by Gasteiger charge is 2.55. The Morgan fingerprint density at radius 3 is 2.56 bits per heavy atom. The van der Waals surface area contributed by atoms with E-state index >= 15 is 0 Å². The Hall–Kier alpha value is -0.790. The molecule has 154 valence electrons. The molecule has 0 spiro atoms. The maximum atomic E-state index is 11.4. The predicted octanol–water partition coefficient (Wildman–Crippen LogP) is 7.14. The fraction of sp³-hybridized carbons (Fsp3) is 0.880. The Morgan fingerprint density at radius 1 is 1.15 bits per heavy atom. The van der Waals surface area contributed by atoms with Gasteiger partial charge in [0.2, 0.25) is 0 Å². The van der Waals surface area contributed by atoms with Gasteiger partial charge in [-0.1, -0.05) is 47.0 Å². The third-order valence-corrected chi connectivity index (χ3v) is 8.61. The van der Waals surface area contributed by atoms with Crippen molar-refractivity contribution in [3.63, 3.8) is 0 Å². The third kappa shape index (κ3) is 4.15. The van der Waals surface area contributed by atoms with Crippen molar-refractivity contribution in [3.8, 4) is 0 Å². The summed E-state index contributed by atoms with van der Waals surface area (Å²) in [5.41, 5.74) is 1.93. The highest BCUT2D eigenvalue weighted by atomic mass is 16.5. The SMILES string of the molecule is CC(=O)OC1=C(C)[C@@H]2CC[C@@]3(C)[C@@H](CC[C@H]3[C@H](C)CCCC(C)C)[C@H]2CC1. The summed E-state index contributed by atoms with van der Waals surface area (Å²) in [7, 11) is 0. The van der Waals surface area contributed by atoms with Gasteiger partial charge in [0.05, 0.1) is 0 Å². The molecule has 27 heavy (non-hydrogen) atoms.